The molecule has 2 heterocycles. The summed E-state index contributed by atoms with van der Waals surface area (Å²) in [5.41, 5.74) is 2.31. The van der Waals surface area contributed by atoms with Gasteiger partial charge in [0, 0.05) is 20.0 Å². The van der Waals surface area contributed by atoms with E-state index in [1.54, 1.807) is 6.33 Å². The Morgan fingerprint density at radius 2 is 2.15 bits per heavy atom. The summed E-state index contributed by atoms with van der Waals surface area (Å²) in [5, 5.41) is 12.2. The molecular weight excluding hydrogens is 252 g/mol. The third-order valence-electron chi connectivity index (χ3n) is 3.55. The minimum absolute atomic E-state index is 0.201. The molecule has 1 N–H and O–H groups in total. The molecule has 0 fully saturated rings. The van der Waals surface area contributed by atoms with E-state index in [0.717, 1.165) is 37.3 Å². The molecule has 20 heavy (non-hydrogen) atoms. The number of hydrogen-bond donors (Lipinski definition) is 1. The predicted molar refractivity (Wildman–Crippen MR) is 78.4 cm³/mol. The third kappa shape index (κ3) is 3.07. The largest absolute Gasteiger partial charge is 0.311 e. The highest BCUT2D eigenvalue weighted by atomic mass is 15.3. The van der Waals surface area contributed by atoms with Crippen LogP contribution in [0.15, 0.2) is 12.4 Å². The number of aromatic nitrogens is 5. The number of hydrogen-bond acceptors (Lipinski definition) is 4. The predicted octanol–water partition coefficient (Wildman–Crippen LogP) is 1.49. The van der Waals surface area contributed by atoms with E-state index in [1.165, 1.54) is 5.69 Å². The molecule has 0 bridgehead atoms. The minimum Gasteiger partial charge on any atom is -0.311 e. The van der Waals surface area contributed by atoms with E-state index in [4.69, 9.17) is 0 Å². The van der Waals surface area contributed by atoms with Crippen LogP contribution in [0.3, 0.4) is 0 Å². The third-order valence-corrected chi connectivity index (χ3v) is 3.55. The van der Waals surface area contributed by atoms with Crippen LogP contribution >= 0.6 is 0 Å². The summed E-state index contributed by atoms with van der Waals surface area (Å²) in [6.07, 6.45) is 4.47. The van der Waals surface area contributed by atoms with Crippen LogP contribution in [0.2, 0.25) is 0 Å². The molecule has 6 heteroatoms. The van der Waals surface area contributed by atoms with Gasteiger partial charge in [-0.3, -0.25) is 9.36 Å². The minimum atomic E-state index is 0.201. The van der Waals surface area contributed by atoms with Crippen molar-refractivity contribution in [1.29, 1.82) is 0 Å². The Morgan fingerprint density at radius 1 is 1.35 bits per heavy atom. The van der Waals surface area contributed by atoms with Gasteiger partial charge in [0.2, 0.25) is 0 Å². The number of aryl methyl sites for hydroxylation is 3. The average Bonchev–Trinajstić information content (AvgIpc) is 3.03. The lowest BCUT2D eigenvalue weighted by atomic mass is 10.1. The van der Waals surface area contributed by atoms with Crippen LogP contribution < -0.4 is 5.32 Å². The molecule has 0 amide bonds. The maximum atomic E-state index is 4.52. The summed E-state index contributed by atoms with van der Waals surface area (Å²) < 4.78 is 3.95. The van der Waals surface area contributed by atoms with Gasteiger partial charge >= 0.3 is 0 Å². The smallest absolute Gasteiger partial charge is 0.138 e. The van der Waals surface area contributed by atoms with Gasteiger partial charge in [0.25, 0.3) is 0 Å². The lowest BCUT2D eigenvalue weighted by molar-refractivity contribution is 0.493. The molecule has 110 valence electrons. The molecule has 1 unspecified atom stereocenters. The van der Waals surface area contributed by atoms with Crippen molar-refractivity contribution in [3.05, 3.63) is 29.6 Å². The highest BCUT2D eigenvalue weighted by molar-refractivity contribution is 5.15. The van der Waals surface area contributed by atoms with Crippen molar-refractivity contribution in [2.75, 3.05) is 7.05 Å². The fraction of sp³-hybridized carbons (Fsp3) is 0.643. The number of likely N-dealkylation sites (N-methyl/N-ethyl adjacent to an activating group) is 1. The van der Waals surface area contributed by atoms with Crippen LogP contribution in [-0.2, 0) is 26.4 Å². The van der Waals surface area contributed by atoms with E-state index in [9.17, 15) is 0 Å². The first kappa shape index (κ1) is 14.7. The number of nitrogens with one attached hydrogen (secondary N) is 1. The van der Waals surface area contributed by atoms with Crippen LogP contribution in [0, 0.1) is 0 Å². The molecule has 1 atom stereocenters. The SMILES string of the molecule is CCCn1ncnc1CC(NC)c1cc(CC)nn1C. The van der Waals surface area contributed by atoms with Crippen molar-refractivity contribution >= 4 is 0 Å². The summed E-state index contributed by atoms with van der Waals surface area (Å²) in [4.78, 5) is 4.39. The van der Waals surface area contributed by atoms with Crippen molar-refractivity contribution in [2.45, 2.75) is 45.7 Å². The van der Waals surface area contributed by atoms with Crippen molar-refractivity contribution in [3.8, 4) is 0 Å². The topological polar surface area (TPSA) is 60.6 Å². The monoisotopic (exact) mass is 276 g/mol. The average molecular weight is 276 g/mol. The Labute approximate surface area is 120 Å². The molecule has 0 aliphatic rings. The molecule has 0 aromatic carbocycles. The van der Waals surface area contributed by atoms with Crippen molar-refractivity contribution in [3.63, 3.8) is 0 Å². The maximum Gasteiger partial charge on any atom is 0.138 e. The Kier molecular flexibility index (Phi) is 4.89. The van der Waals surface area contributed by atoms with E-state index >= 15 is 0 Å². The second kappa shape index (κ2) is 6.65. The summed E-state index contributed by atoms with van der Waals surface area (Å²) in [6, 6.07) is 2.37. The first-order valence-corrected chi connectivity index (χ1v) is 7.26. The lowest BCUT2D eigenvalue weighted by Gasteiger charge is -2.16. The van der Waals surface area contributed by atoms with Gasteiger partial charge in [0.1, 0.15) is 12.2 Å². The van der Waals surface area contributed by atoms with Gasteiger partial charge in [-0.2, -0.15) is 10.2 Å². The van der Waals surface area contributed by atoms with E-state index < -0.39 is 0 Å². The maximum absolute atomic E-state index is 4.52. The molecule has 0 aliphatic carbocycles. The summed E-state index contributed by atoms with van der Waals surface area (Å²) in [5.74, 6) is 1.02. The zero-order chi connectivity index (χ0) is 14.5. The standard InChI is InChI=1S/C14H24N6/c1-5-7-20-14(16-10-17-20)9-12(15-3)13-8-11(6-2)18-19(13)4/h8,10,12,15H,5-7,9H2,1-4H3. The Balaban J connectivity index is 2.19. The van der Waals surface area contributed by atoms with Crippen LogP contribution in [0.4, 0.5) is 0 Å². The van der Waals surface area contributed by atoms with E-state index in [0.29, 0.717) is 0 Å². The normalized spacial score (nSPS) is 12.8. The van der Waals surface area contributed by atoms with Crippen LogP contribution in [0.25, 0.3) is 0 Å². The van der Waals surface area contributed by atoms with E-state index in [1.807, 2.05) is 23.5 Å². The van der Waals surface area contributed by atoms with Crippen LogP contribution in [0.1, 0.15) is 43.5 Å². The van der Waals surface area contributed by atoms with Crippen molar-refractivity contribution < 1.29 is 0 Å². The fourth-order valence-corrected chi connectivity index (χ4v) is 2.42. The molecular formula is C14H24N6. The Morgan fingerprint density at radius 3 is 2.75 bits per heavy atom. The quantitative estimate of drug-likeness (QED) is 0.832. The Hall–Kier alpha value is -1.69. The Bertz CT molecular complexity index is 542. The van der Waals surface area contributed by atoms with Gasteiger partial charge in [-0.1, -0.05) is 13.8 Å². The van der Waals surface area contributed by atoms with E-state index in [2.05, 4.69) is 40.4 Å². The van der Waals surface area contributed by atoms with Gasteiger partial charge < -0.3 is 5.32 Å². The van der Waals surface area contributed by atoms with Crippen LogP contribution in [-0.4, -0.2) is 31.6 Å². The first-order valence-electron chi connectivity index (χ1n) is 7.26. The molecule has 2 aromatic heterocycles. The highest BCUT2D eigenvalue weighted by Gasteiger charge is 2.18. The van der Waals surface area contributed by atoms with Gasteiger partial charge in [-0.15, -0.1) is 0 Å². The van der Waals surface area contributed by atoms with Gasteiger partial charge in [-0.05, 0) is 26.0 Å². The highest BCUT2D eigenvalue weighted by Crippen LogP contribution is 2.18. The molecule has 6 nitrogen and oxygen atoms in total. The zero-order valence-electron chi connectivity index (χ0n) is 12.8. The molecule has 0 saturated heterocycles. The van der Waals surface area contributed by atoms with E-state index in [-0.39, 0.29) is 6.04 Å². The first-order chi connectivity index (χ1) is 9.69. The fourth-order valence-electron chi connectivity index (χ4n) is 2.42. The zero-order valence-corrected chi connectivity index (χ0v) is 12.8. The van der Waals surface area contributed by atoms with Crippen molar-refractivity contribution in [2.24, 2.45) is 7.05 Å². The number of rotatable bonds is 7. The van der Waals surface area contributed by atoms with Crippen LogP contribution in [0.5, 0.6) is 0 Å². The second-order valence-corrected chi connectivity index (χ2v) is 4.98. The van der Waals surface area contributed by atoms with Gasteiger partial charge in [0.15, 0.2) is 0 Å². The molecule has 0 spiro atoms. The molecule has 2 rings (SSSR count). The second-order valence-electron chi connectivity index (χ2n) is 4.98. The number of nitrogens with zero attached hydrogens (tertiary/aromatic N) is 5. The van der Waals surface area contributed by atoms with Gasteiger partial charge in [0.05, 0.1) is 17.4 Å². The molecule has 0 saturated carbocycles. The molecule has 2 aromatic rings. The van der Waals surface area contributed by atoms with Crippen molar-refractivity contribution in [1.82, 2.24) is 29.9 Å². The lowest BCUT2D eigenvalue weighted by Crippen LogP contribution is -2.23. The molecule has 0 radical (unpaired) electrons. The summed E-state index contributed by atoms with van der Waals surface area (Å²) in [6.45, 7) is 5.19. The molecule has 0 aliphatic heterocycles. The summed E-state index contributed by atoms with van der Waals surface area (Å²) in [7, 11) is 3.97. The van der Waals surface area contributed by atoms with Gasteiger partial charge in [-0.25, -0.2) is 4.98 Å². The summed E-state index contributed by atoms with van der Waals surface area (Å²) >= 11 is 0.